The lowest BCUT2D eigenvalue weighted by Crippen LogP contribution is -2.10. The zero-order valence-corrected chi connectivity index (χ0v) is 14.7. The van der Waals surface area contributed by atoms with Crippen LogP contribution < -0.4 is 4.18 Å². The lowest BCUT2D eigenvalue weighted by Gasteiger charge is -2.08. The second-order valence-electron chi connectivity index (χ2n) is 5.26. The van der Waals surface area contributed by atoms with Gasteiger partial charge in [-0.2, -0.15) is 8.42 Å². The Kier molecular flexibility index (Phi) is 4.40. The summed E-state index contributed by atoms with van der Waals surface area (Å²) >= 11 is 0. The van der Waals surface area contributed by atoms with Gasteiger partial charge in [0.25, 0.3) is 0 Å². The lowest BCUT2D eigenvalue weighted by atomic mass is 10.2. The molecule has 0 radical (unpaired) electrons. The van der Waals surface area contributed by atoms with Crippen LogP contribution in [-0.2, 0) is 20.0 Å². The number of hydrogen-bond donors (Lipinski definition) is 0. The Bertz CT molecular complexity index is 1060. The molecule has 0 aliphatic rings. The average Bonchev–Trinajstić information content (AvgIpc) is 3.11. The van der Waals surface area contributed by atoms with Crippen LogP contribution in [-0.4, -0.2) is 16.8 Å². The van der Waals surface area contributed by atoms with Crippen LogP contribution in [0.2, 0.25) is 0 Å². The summed E-state index contributed by atoms with van der Waals surface area (Å²) in [6.07, 6.45) is 1.26. The molecular formula is C17H14O6S2. The van der Waals surface area contributed by atoms with E-state index in [1.165, 1.54) is 54.8 Å². The molecule has 0 aliphatic carbocycles. The first-order chi connectivity index (χ1) is 11.8. The van der Waals surface area contributed by atoms with E-state index >= 15 is 0 Å². The summed E-state index contributed by atoms with van der Waals surface area (Å²) in [5, 5.41) is -0.187. The number of aryl methyl sites for hydroxylation is 1. The van der Waals surface area contributed by atoms with Crippen molar-refractivity contribution in [2.24, 2.45) is 0 Å². The summed E-state index contributed by atoms with van der Waals surface area (Å²) in [7, 11) is -7.77. The molecule has 0 saturated heterocycles. The molecule has 0 atom stereocenters. The van der Waals surface area contributed by atoms with Crippen molar-refractivity contribution in [2.75, 3.05) is 0 Å². The predicted octanol–water partition coefficient (Wildman–Crippen LogP) is 3.19. The van der Waals surface area contributed by atoms with Crippen molar-refractivity contribution in [1.29, 1.82) is 0 Å². The predicted molar refractivity (Wildman–Crippen MR) is 89.6 cm³/mol. The summed E-state index contributed by atoms with van der Waals surface area (Å²) in [6.45, 7) is 1.84. The minimum Gasteiger partial charge on any atom is -0.453 e. The molecule has 130 valence electrons. The number of furan rings is 1. The monoisotopic (exact) mass is 378 g/mol. The fraction of sp³-hybridized carbons (Fsp3) is 0.0588. The van der Waals surface area contributed by atoms with Gasteiger partial charge in [-0.25, -0.2) is 8.42 Å². The van der Waals surface area contributed by atoms with Crippen LogP contribution in [0.15, 0.2) is 86.2 Å². The first-order valence-corrected chi connectivity index (χ1v) is 10.1. The van der Waals surface area contributed by atoms with Crippen LogP contribution in [0.1, 0.15) is 5.56 Å². The third-order valence-corrected chi connectivity index (χ3v) is 6.33. The number of hydrogen-bond acceptors (Lipinski definition) is 6. The minimum atomic E-state index is -3.99. The van der Waals surface area contributed by atoms with E-state index < -0.39 is 20.0 Å². The Morgan fingerprint density at radius 3 is 1.96 bits per heavy atom. The molecule has 1 aromatic heterocycles. The highest BCUT2D eigenvalue weighted by Gasteiger charge is 2.21. The van der Waals surface area contributed by atoms with Gasteiger partial charge in [0.05, 0.1) is 11.2 Å². The van der Waals surface area contributed by atoms with Crippen molar-refractivity contribution in [1.82, 2.24) is 0 Å². The zero-order chi connectivity index (χ0) is 18.1. The smallest absolute Gasteiger partial charge is 0.339 e. The van der Waals surface area contributed by atoms with Crippen LogP contribution in [0.25, 0.3) is 0 Å². The van der Waals surface area contributed by atoms with Crippen LogP contribution >= 0.6 is 0 Å². The first kappa shape index (κ1) is 17.2. The van der Waals surface area contributed by atoms with Gasteiger partial charge in [-0.3, -0.25) is 0 Å². The van der Waals surface area contributed by atoms with Crippen LogP contribution in [0.3, 0.4) is 0 Å². The van der Waals surface area contributed by atoms with Crippen molar-refractivity contribution >= 4 is 20.0 Å². The molecule has 1 heterocycles. The molecule has 0 aliphatic heterocycles. The van der Waals surface area contributed by atoms with E-state index in [4.69, 9.17) is 8.60 Å². The van der Waals surface area contributed by atoms with Gasteiger partial charge in [0, 0.05) is 0 Å². The molecule has 25 heavy (non-hydrogen) atoms. The van der Waals surface area contributed by atoms with Gasteiger partial charge in [-0.15, -0.1) is 0 Å². The van der Waals surface area contributed by atoms with E-state index in [0.717, 1.165) is 5.56 Å². The third-order valence-electron chi connectivity index (χ3n) is 3.41. The van der Waals surface area contributed by atoms with Gasteiger partial charge in [0.2, 0.25) is 14.9 Å². The molecule has 2 aromatic carbocycles. The van der Waals surface area contributed by atoms with Gasteiger partial charge < -0.3 is 8.60 Å². The molecule has 3 rings (SSSR count). The maximum Gasteiger partial charge on any atom is 0.339 e. The maximum atomic E-state index is 12.3. The fourth-order valence-corrected chi connectivity index (χ4v) is 4.18. The molecule has 0 fully saturated rings. The second-order valence-corrected chi connectivity index (χ2v) is 8.68. The van der Waals surface area contributed by atoms with Gasteiger partial charge in [-0.1, -0.05) is 17.7 Å². The Balaban J connectivity index is 1.85. The highest BCUT2D eigenvalue weighted by molar-refractivity contribution is 7.91. The van der Waals surface area contributed by atoms with Crippen LogP contribution in [0.4, 0.5) is 0 Å². The standard InChI is InChI=1S/C17H14O6S2/c1-13-4-8-16(9-5-13)25(20,21)23-14-6-10-15(11-7-14)24(18,19)17-3-2-12-22-17/h2-12H,1H3. The third kappa shape index (κ3) is 3.59. The number of benzene rings is 2. The Morgan fingerprint density at radius 1 is 0.800 bits per heavy atom. The Hall–Kier alpha value is -2.58. The summed E-state index contributed by atoms with van der Waals surface area (Å²) in [5.41, 5.74) is 0.923. The van der Waals surface area contributed by atoms with E-state index in [1.54, 1.807) is 12.1 Å². The van der Waals surface area contributed by atoms with E-state index in [-0.39, 0.29) is 20.6 Å². The maximum absolute atomic E-state index is 12.3. The Labute approximate surface area is 145 Å². The molecule has 0 unspecified atom stereocenters. The topological polar surface area (TPSA) is 90.7 Å². The van der Waals surface area contributed by atoms with Crippen LogP contribution in [0, 0.1) is 6.92 Å². The number of sulfone groups is 1. The highest BCUT2D eigenvalue weighted by atomic mass is 32.2. The molecule has 0 spiro atoms. The largest absolute Gasteiger partial charge is 0.453 e. The summed E-state index contributed by atoms with van der Waals surface area (Å²) < 4.78 is 59.0. The fourth-order valence-electron chi connectivity index (χ4n) is 2.09. The van der Waals surface area contributed by atoms with Crippen molar-refractivity contribution in [3.63, 3.8) is 0 Å². The van der Waals surface area contributed by atoms with Crippen LogP contribution in [0.5, 0.6) is 5.75 Å². The number of rotatable bonds is 5. The molecule has 8 heteroatoms. The first-order valence-electron chi connectivity index (χ1n) is 7.19. The second kappa shape index (κ2) is 6.38. The quantitative estimate of drug-likeness (QED) is 0.633. The van der Waals surface area contributed by atoms with Gasteiger partial charge in [0.15, 0.2) is 0 Å². The van der Waals surface area contributed by atoms with E-state index in [2.05, 4.69) is 0 Å². The molecule has 0 saturated carbocycles. The van der Waals surface area contributed by atoms with Crippen molar-refractivity contribution < 1.29 is 25.4 Å². The van der Waals surface area contributed by atoms with E-state index in [0.29, 0.717) is 0 Å². The van der Waals surface area contributed by atoms with E-state index in [1.807, 2.05) is 6.92 Å². The molecule has 0 N–H and O–H groups in total. The molecule has 0 bridgehead atoms. The van der Waals surface area contributed by atoms with Crippen molar-refractivity contribution in [2.45, 2.75) is 21.8 Å². The van der Waals surface area contributed by atoms with Crippen molar-refractivity contribution in [3.8, 4) is 5.75 Å². The average molecular weight is 378 g/mol. The highest BCUT2D eigenvalue weighted by Crippen LogP contribution is 2.25. The normalized spacial score (nSPS) is 12.0. The van der Waals surface area contributed by atoms with Crippen molar-refractivity contribution in [3.05, 3.63) is 72.5 Å². The SMILES string of the molecule is Cc1ccc(S(=O)(=O)Oc2ccc(S(=O)(=O)c3ccco3)cc2)cc1. The summed E-state index contributed by atoms with van der Waals surface area (Å²) in [4.78, 5) is -0.00656. The summed E-state index contributed by atoms with van der Waals surface area (Å²) in [5.74, 6) is 0.0129. The lowest BCUT2D eigenvalue weighted by molar-refractivity contribution is 0.450. The molecule has 3 aromatic rings. The minimum absolute atomic E-state index is 0.0129. The summed E-state index contributed by atoms with van der Waals surface area (Å²) in [6, 6.07) is 14.1. The van der Waals surface area contributed by atoms with Gasteiger partial charge in [-0.05, 0) is 55.5 Å². The van der Waals surface area contributed by atoms with Gasteiger partial charge in [0.1, 0.15) is 10.6 Å². The molecule has 0 amide bonds. The van der Waals surface area contributed by atoms with Gasteiger partial charge >= 0.3 is 10.1 Å². The molecular weight excluding hydrogens is 364 g/mol. The Morgan fingerprint density at radius 2 is 1.40 bits per heavy atom. The zero-order valence-electron chi connectivity index (χ0n) is 13.1. The van der Waals surface area contributed by atoms with E-state index in [9.17, 15) is 16.8 Å². The molecule has 6 nitrogen and oxygen atoms in total.